The summed E-state index contributed by atoms with van der Waals surface area (Å²) in [5.74, 6) is 1.10. The quantitative estimate of drug-likeness (QED) is 0.604. The number of nitrogens with zero attached hydrogens (tertiary/aromatic N) is 4. The molecule has 1 N–H and O–H groups in total. The van der Waals surface area contributed by atoms with Gasteiger partial charge in [-0.05, 0) is 42.9 Å². The molecule has 0 bridgehead atoms. The summed E-state index contributed by atoms with van der Waals surface area (Å²) in [7, 11) is 5.13. The minimum atomic E-state index is -0.436. The molecule has 2 heterocycles. The van der Waals surface area contributed by atoms with E-state index in [1.807, 2.05) is 0 Å². The largest absolute Gasteiger partial charge is 0.384 e. The summed E-state index contributed by atoms with van der Waals surface area (Å²) < 4.78 is 9.60. The summed E-state index contributed by atoms with van der Waals surface area (Å²) in [6.07, 6.45) is 3.08. The molecule has 8 nitrogen and oxygen atoms in total. The van der Waals surface area contributed by atoms with Crippen LogP contribution in [0.1, 0.15) is 24.8 Å². The van der Waals surface area contributed by atoms with Crippen molar-refractivity contribution in [3.05, 3.63) is 54.6 Å². The molecule has 0 amide bonds. The second-order valence-electron chi connectivity index (χ2n) is 8.12. The lowest BCUT2D eigenvalue weighted by Gasteiger charge is -2.14. The molecule has 1 aromatic carbocycles. The predicted molar refractivity (Wildman–Crippen MR) is 122 cm³/mol. The van der Waals surface area contributed by atoms with E-state index in [9.17, 15) is 9.59 Å². The van der Waals surface area contributed by atoms with Crippen LogP contribution in [0.5, 0.6) is 0 Å². The molecule has 0 spiro atoms. The van der Waals surface area contributed by atoms with Crippen molar-refractivity contribution in [1.82, 2.24) is 18.7 Å². The van der Waals surface area contributed by atoms with Crippen LogP contribution in [-0.4, -0.2) is 38.4 Å². The van der Waals surface area contributed by atoms with E-state index in [1.54, 1.807) is 44.0 Å². The summed E-state index contributed by atoms with van der Waals surface area (Å²) in [5.41, 5.74) is 0.613. The lowest BCUT2D eigenvalue weighted by atomic mass is 10.1. The van der Waals surface area contributed by atoms with Gasteiger partial charge in [0.25, 0.3) is 5.56 Å². The van der Waals surface area contributed by atoms with Crippen LogP contribution in [-0.2, 0) is 25.4 Å². The van der Waals surface area contributed by atoms with Crippen LogP contribution in [0.25, 0.3) is 11.2 Å². The third-order valence-electron chi connectivity index (χ3n) is 5.96. The summed E-state index contributed by atoms with van der Waals surface area (Å²) in [5, 5.41) is 4.24. The second-order valence-corrected chi connectivity index (χ2v) is 8.94. The van der Waals surface area contributed by atoms with E-state index in [2.05, 4.69) is 10.3 Å². The van der Waals surface area contributed by atoms with E-state index in [-0.39, 0.29) is 12.6 Å². The molecule has 2 aromatic heterocycles. The van der Waals surface area contributed by atoms with Crippen molar-refractivity contribution in [2.45, 2.75) is 31.8 Å². The number of methoxy groups -OCH3 is 1. The number of hydrogen-bond donors (Lipinski definition) is 1. The maximum absolute atomic E-state index is 13.3. The van der Waals surface area contributed by atoms with E-state index in [0.717, 1.165) is 25.9 Å². The topological polar surface area (TPSA) is 83.1 Å². The zero-order valence-corrected chi connectivity index (χ0v) is 19.2. The molecule has 31 heavy (non-hydrogen) atoms. The Kier molecular flexibility index (Phi) is 6.14. The Morgan fingerprint density at radius 3 is 2.65 bits per heavy atom. The highest BCUT2D eigenvalue weighted by atomic mass is 35.5. The first-order valence-electron chi connectivity index (χ1n) is 10.2. The van der Waals surface area contributed by atoms with Crippen LogP contribution in [0.15, 0.2) is 27.8 Å². The number of aryl methyl sites for hydroxylation is 2. The number of fused-ring (bicyclic) bond motifs is 1. The number of imidazole rings is 1. The van der Waals surface area contributed by atoms with Crippen LogP contribution >= 0.6 is 23.2 Å². The van der Waals surface area contributed by atoms with Gasteiger partial charge in [0.1, 0.15) is 0 Å². The SMILES string of the molecule is COCC1CCC(Nc2nc3c(c(=O)n(Cc4ccc(Cl)c(Cl)c4)c(=O)n3C)n2C)C1. The van der Waals surface area contributed by atoms with Gasteiger partial charge >= 0.3 is 5.69 Å². The van der Waals surface area contributed by atoms with E-state index in [1.165, 1.54) is 9.13 Å². The lowest BCUT2D eigenvalue weighted by molar-refractivity contribution is 0.154. The summed E-state index contributed by atoms with van der Waals surface area (Å²) in [6, 6.07) is 5.31. The zero-order chi connectivity index (χ0) is 22.3. The fourth-order valence-electron chi connectivity index (χ4n) is 4.31. The number of benzene rings is 1. The van der Waals surface area contributed by atoms with Gasteiger partial charge in [-0.1, -0.05) is 29.3 Å². The number of anilines is 1. The van der Waals surface area contributed by atoms with Gasteiger partial charge < -0.3 is 14.6 Å². The standard InChI is InChI=1S/C21H25Cl2N5O3/c1-26-17-18(25-20(26)24-14-6-4-13(8-14)11-31-3)27(2)21(30)28(19(17)29)10-12-5-7-15(22)16(23)9-12/h5,7,9,13-14H,4,6,8,10-11H2,1-3H3,(H,24,25). The molecule has 1 aliphatic carbocycles. The highest BCUT2D eigenvalue weighted by molar-refractivity contribution is 6.42. The van der Waals surface area contributed by atoms with Crippen molar-refractivity contribution in [3.63, 3.8) is 0 Å². The molecule has 0 aliphatic heterocycles. The average molecular weight is 466 g/mol. The summed E-state index contributed by atoms with van der Waals surface area (Å²) in [6.45, 7) is 0.836. The van der Waals surface area contributed by atoms with Gasteiger partial charge in [0.05, 0.1) is 16.6 Å². The number of hydrogen-bond acceptors (Lipinski definition) is 5. The fraction of sp³-hybridized carbons (Fsp3) is 0.476. The third-order valence-corrected chi connectivity index (χ3v) is 6.70. The van der Waals surface area contributed by atoms with Crippen LogP contribution in [0, 0.1) is 5.92 Å². The van der Waals surface area contributed by atoms with Gasteiger partial charge in [0, 0.05) is 33.9 Å². The molecule has 4 rings (SSSR count). The molecule has 2 unspecified atom stereocenters. The van der Waals surface area contributed by atoms with Crippen LogP contribution in [0.2, 0.25) is 10.0 Å². The molecule has 0 saturated heterocycles. The van der Waals surface area contributed by atoms with Crippen molar-refractivity contribution in [2.75, 3.05) is 19.0 Å². The van der Waals surface area contributed by atoms with Crippen molar-refractivity contribution >= 4 is 40.3 Å². The molecule has 3 aromatic rings. The van der Waals surface area contributed by atoms with Gasteiger partial charge in [-0.25, -0.2) is 4.79 Å². The Hall–Kier alpha value is -2.29. The van der Waals surface area contributed by atoms with Crippen LogP contribution in [0.3, 0.4) is 0 Å². The Morgan fingerprint density at radius 2 is 1.94 bits per heavy atom. The van der Waals surface area contributed by atoms with E-state index < -0.39 is 11.2 Å². The first-order chi connectivity index (χ1) is 14.8. The second kappa shape index (κ2) is 8.68. The highest BCUT2D eigenvalue weighted by Gasteiger charge is 2.26. The zero-order valence-electron chi connectivity index (χ0n) is 17.7. The fourth-order valence-corrected chi connectivity index (χ4v) is 4.63. The van der Waals surface area contributed by atoms with Crippen molar-refractivity contribution < 1.29 is 4.74 Å². The minimum absolute atomic E-state index is 0.0909. The molecule has 2 atom stereocenters. The van der Waals surface area contributed by atoms with Gasteiger partial charge in [-0.3, -0.25) is 13.9 Å². The average Bonchev–Trinajstić information content (AvgIpc) is 3.31. The maximum Gasteiger partial charge on any atom is 0.332 e. The monoisotopic (exact) mass is 465 g/mol. The molecule has 1 saturated carbocycles. The van der Waals surface area contributed by atoms with Crippen molar-refractivity contribution in [2.24, 2.45) is 20.0 Å². The van der Waals surface area contributed by atoms with Crippen molar-refractivity contribution in [1.29, 1.82) is 0 Å². The lowest BCUT2D eigenvalue weighted by Crippen LogP contribution is -2.39. The van der Waals surface area contributed by atoms with Crippen LogP contribution in [0.4, 0.5) is 5.95 Å². The molecule has 1 fully saturated rings. The van der Waals surface area contributed by atoms with Gasteiger partial charge in [0.2, 0.25) is 5.95 Å². The van der Waals surface area contributed by atoms with E-state index >= 15 is 0 Å². The molecule has 166 valence electrons. The van der Waals surface area contributed by atoms with Gasteiger partial charge in [0.15, 0.2) is 11.2 Å². The summed E-state index contributed by atoms with van der Waals surface area (Å²) >= 11 is 12.1. The van der Waals surface area contributed by atoms with E-state index in [0.29, 0.717) is 38.6 Å². The molecular weight excluding hydrogens is 441 g/mol. The maximum atomic E-state index is 13.3. The number of halogens is 2. The van der Waals surface area contributed by atoms with Crippen molar-refractivity contribution in [3.8, 4) is 0 Å². The highest BCUT2D eigenvalue weighted by Crippen LogP contribution is 2.28. The third kappa shape index (κ3) is 4.12. The Morgan fingerprint density at radius 1 is 1.16 bits per heavy atom. The number of rotatable bonds is 6. The van der Waals surface area contributed by atoms with Crippen LogP contribution < -0.4 is 16.6 Å². The predicted octanol–water partition coefficient (Wildman–Crippen LogP) is 3.02. The summed E-state index contributed by atoms with van der Waals surface area (Å²) in [4.78, 5) is 30.7. The first-order valence-corrected chi connectivity index (χ1v) is 10.9. The van der Waals surface area contributed by atoms with Gasteiger partial charge in [-0.2, -0.15) is 4.98 Å². The molecular formula is C21H25Cl2N5O3. The minimum Gasteiger partial charge on any atom is -0.384 e. The molecule has 1 aliphatic rings. The molecule has 10 heteroatoms. The number of ether oxygens (including phenoxy) is 1. The smallest absolute Gasteiger partial charge is 0.332 e. The first kappa shape index (κ1) is 21.9. The van der Waals surface area contributed by atoms with Gasteiger partial charge in [-0.15, -0.1) is 0 Å². The normalized spacial score (nSPS) is 18.7. The van der Waals surface area contributed by atoms with E-state index in [4.69, 9.17) is 27.9 Å². The number of aromatic nitrogens is 4. The number of nitrogens with one attached hydrogen (secondary N) is 1. The Labute approximate surface area is 189 Å². The molecule has 0 radical (unpaired) electrons. The Balaban J connectivity index is 1.70. The Bertz CT molecular complexity index is 1250.